The molecule has 0 spiro atoms. The van der Waals surface area contributed by atoms with E-state index in [0.29, 0.717) is 23.3 Å². The quantitative estimate of drug-likeness (QED) is 0.472. The number of carbonyl (C=O) groups excluding carboxylic acids is 1. The summed E-state index contributed by atoms with van der Waals surface area (Å²) in [4.78, 5) is 16.7. The number of fused-ring (bicyclic) bond motifs is 4. The van der Waals surface area contributed by atoms with Crippen LogP contribution in [0.4, 0.5) is 4.79 Å². The van der Waals surface area contributed by atoms with Crippen LogP contribution < -0.4 is 9.84 Å². The van der Waals surface area contributed by atoms with Crippen LogP contribution in [-0.2, 0) is 6.42 Å². The van der Waals surface area contributed by atoms with Crippen molar-refractivity contribution in [3.8, 4) is 16.9 Å². The van der Waals surface area contributed by atoms with Crippen molar-refractivity contribution >= 4 is 17.7 Å². The van der Waals surface area contributed by atoms with Crippen LogP contribution in [0.3, 0.4) is 0 Å². The Morgan fingerprint density at radius 1 is 1.17 bits per heavy atom. The molecule has 2 aromatic rings. The number of piperidine rings is 3. The summed E-state index contributed by atoms with van der Waals surface area (Å²) in [6, 6.07) is 12.2. The maximum Gasteiger partial charge on any atom is 0.137 e. The predicted molar refractivity (Wildman–Crippen MR) is 138 cm³/mol. The first-order chi connectivity index (χ1) is 16.8. The molecular weight excluding hydrogens is 460 g/mol. The lowest BCUT2D eigenvalue weighted by atomic mass is 9.79. The van der Waals surface area contributed by atoms with Crippen LogP contribution in [0.15, 0.2) is 36.4 Å². The highest BCUT2D eigenvalue weighted by Crippen LogP contribution is 2.51. The molecule has 3 fully saturated rings. The van der Waals surface area contributed by atoms with Gasteiger partial charge in [-0.25, -0.2) is 0 Å². The second-order valence-corrected chi connectivity index (χ2v) is 11.6. The average molecular weight is 496 g/mol. The van der Waals surface area contributed by atoms with E-state index in [1.807, 2.05) is 18.2 Å². The highest BCUT2D eigenvalue weighted by Gasteiger charge is 2.48. The molecule has 35 heavy (non-hydrogen) atoms. The largest absolute Gasteiger partial charge is 0.530 e. The summed E-state index contributed by atoms with van der Waals surface area (Å²) in [6.07, 6.45) is 4.03. The zero-order chi connectivity index (χ0) is 24.7. The lowest BCUT2D eigenvalue weighted by molar-refractivity contribution is -0.276. The van der Waals surface area contributed by atoms with E-state index in [4.69, 9.17) is 16.3 Å². The lowest BCUT2D eigenvalue weighted by Gasteiger charge is -2.53. The van der Waals surface area contributed by atoms with Gasteiger partial charge in [0.05, 0.1) is 17.7 Å². The molecule has 3 saturated heterocycles. The summed E-state index contributed by atoms with van der Waals surface area (Å²) in [7, 11) is 0. The Morgan fingerprint density at radius 3 is 2.51 bits per heavy atom. The van der Waals surface area contributed by atoms with Crippen LogP contribution >= 0.6 is 11.6 Å². The standard InChI is InChI=1S/C29H37ClN2O3/c1-4-5-14-35-26-9-7-21(16-24(26)30)20-6-8-23-22(15-20)17-29(2,3)27(23)32(28(33)34)25-18-31-12-10-19(25)11-13-31/h6-9,15-16,19,25,27H,4-5,10-14,17-18H2,1-3H3,(H,33,34)/p-1/t25-,27+/m1/s1. The molecule has 2 bridgehead atoms. The van der Waals surface area contributed by atoms with Gasteiger partial charge < -0.3 is 24.4 Å². The third kappa shape index (κ3) is 4.65. The Kier molecular flexibility index (Phi) is 6.75. The van der Waals surface area contributed by atoms with Gasteiger partial charge in [-0.15, -0.1) is 0 Å². The second-order valence-electron chi connectivity index (χ2n) is 11.2. The van der Waals surface area contributed by atoms with Crippen LogP contribution in [0.2, 0.25) is 5.02 Å². The maximum absolute atomic E-state index is 12.6. The summed E-state index contributed by atoms with van der Waals surface area (Å²) in [5, 5.41) is 13.2. The van der Waals surface area contributed by atoms with Crippen molar-refractivity contribution in [3.05, 3.63) is 52.5 Å². The van der Waals surface area contributed by atoms with Gasteiger partial charge in [-0.05, 0) is 84.5 Å². The summed E-state index contributed by atoms with van der Waals surface area (Å²) in [5.74, 6) is 1.14. The van der Waals surface area contributed by atoms with E-state index < -0.39 is 6.09 Å². The van der Waals surface area contributed by atoms with Crippen LogP contribution in [0.25, 0.3) is 11.1 Å². The first-order valence-corrected chi connectivity index (χ1v) is 13.4. The van der Waals surface area contributed by atoms with E-state index in [2.05, 4.69) is 43.9 Å². The Bertz CT molecular complexity index is 1090. The third-order valence-electron chi connectivity index (χ3n) is 8.31. The van der Waals surface area contributed by atoms with E-state index in [1.165, 1.54) is 5.56 Å². The zero-order valence-corrected chi connectivity index (χ0v) is 21.8. The number of hydrogen-bond donors (Lipinski definition) is 0. The first kappa shape index (κ1) is 24.5. The van der Waals surface area contributed by atoms with Gasteiger partial charge in [-0.1, -0.05) is 63.1 Å². The van der Waals surface area contributed by atoms with Gasteiger partial charge >= 0.3 is 0 Å². The van der Waals surface area contributed by atoms with Crippen molar-refractivity contribution in [1.82, 2.24) is 9.80 Å². The number of rotatable bonds is 7. The molecule has 2 aromatic carbocycles. The van der Waals surface area contributed by atoms with Crippen LogP contribution in [0.5, 0.6) is 5.75 Å². The van der Waals surface area contributed by atoms with E-state index in [1.54, 1.807) is 4.90 Å². The molecule has 2 atom stereocenters. The molecule has 6 heteroatoms. The molecule has 0 saturated carbocycles. The Hall–Kier alpha value is -2.24. The fourth-order valence-corrected chi connectivity index (χ4v) is 6.78. The molecule has 5 nitrogen and oxygen atoms in total. The smallest absolute Gasteiger partial charge is 0.137 e. The Morgan fingerprint density at radius 2 is 1.89 bits per heavy atom. The van der Waals surface area contributed by atoms with Gasteiger partial charge in [0, 0.05) is 12.6 Å². The SMILES string of the molecule is CCCCOc1ccc(-c2ccc3c(c2)CC(C)(C)[C@H]3N(C(=O)[O-])[C@@H]2CN3CCC2CC3)cc1Cl. The van der Waals surface area contributed by atoms with E-state index in [-0.39, 0.29) is 17.5 Å². The van der Waals surface area contributed by atoms with Crippen LogP contribution in [0, 0.1) is 11.3 Å². The molecule has 0 unspecified atom stereocenters. The monoisotopic (exact) mass is 495 g/mol. The van der Waals surface area contributed by atoms with Crippen LogP contribution in [-0.4, -0.2) is 48.2 Å². The topological polar surface area (TPSA) is 55.8 Å². The molecule has 1 amide bonds. The first-order valence-electron chi connectivity index (χ1n) is 13.1. The number of benzene rings is 2. The lowest BCUT2D eigenvalue weighted by Crippen LogP contribution is -2.62. The molecule has 3 aliphatic heterocycles. The molecule has 188 valence electrons. The van der Waals surface area contributed by atoms with Crippen molar-refractivity contribution in [3.63, 3.8) is 0 Å². The molecule has 1 aliphatic carbocycles. The van der Waals surface area contributed by atoms with Crippen molar-refractivity contribution in [1.29, 1.82) is 0 Å². The molecule has 3 heterocycles. The van der Waals surface area contributed by atoms with Gasteiger partial charge in [-0.3, -0.25) is 0 Å². The van der Waals surface area contributed by atoms with Gasteiger partial charge in [0.2, 0.25) is 0 Å². The van der Waals surface area contributed by atoms with E-state index in [9.17, 15) is 9.90 Å². The van der Waals surface area contributed by atoms with E-state index in [0.717, 1.165) is 68.4 Å². The number of carbonyl (C=O) groups is 1. The van der Waals surface area contributed by atoms with Crippen molar-refractivity contribution in [2.75, 3.05) is 26.2 Å². The van der Waals surface area contributed by atoms with Crippen LogP contribution in [0.1, 0.15) is 63.6 Å². The number of amides is 1. The molecule has 0 N–H and O–H groups in total. The highest BCUT2D eigenvalue weighted by molar-refractivity contribution is 6.32. The fraction of sp³-hybridized carbons (Fsp3) is 0.552. The van der Waals surface area contributed by atoms with Gasteiger partial charge in [-0.2, -0.15) is 0 Å². The normalized spacial score (nSPS) is 26.4. The maximum atomic E-state index is 12.6. The summed E-state index contributed by atoms with van der Waals surface area (Å²) in [5.41, 5.74) is 4.25. The number of ether oxygens (including phenoxy) is 1. The number of unbranched alkanes of at least 4 members (excludes halogenated alkanes) is 1. The summed E-state index contributed by atoms with van der Waals surface area (Å²) < 4.78 is 5.81. The highest BCUT2D eigenvalue weighted by atomic mass is 35.5. The number of carboxylic acid groups (broad SMARTS) is 1. The van der Waals surface area contributed by atoms with Crippen molar-refractivity contribution in [2.24, 2.45) is 11.3 Å². The Labute approximate surface area is 214 Å². The van der Waals surface area contributed by atoms with Crippen molar-refractivity contribution in [2.45, 2.75) is 65.0 Å². The summed E-state index contributed by atoms with van der Waals surface area (Å²) in [6.45, 7) is 10.2. The third-order valence-corrected chi connectivity index (χ3v) is 8.61. The van der Waals surface area contributed by atoms with E-state index >= 15 is 0 Å². The Balaban J connectivity index is 1.44. The average Bonchev–Trinajstić information content (AvgIpc) is 3.10. The minimum Gasteiger partial charge on any atom is -0.530 e. The molecule has 0 radical (unpaired) electrons. The molecular formula is C29H36ClN2O3-. The zero-order valence-electron chi connectivity index (χ0n) is 21.1. The number of nitrogens with zero attached hydrogens (tertiary/aromatic N) is 2. The predicted octanol–water partition coefficient (Wildman–Crippen LogP) is 5.55. The molecule has 4 aliphatic rings. The summed E-state index contributed by atoms with van der Waals surface area (Å²) >= 11 is 6.53. The number of hydrogen-bond acceptors (Lipinski definition) is 4. The second kappa shape index (κ2) is 9.67. The fourth-order valence-electron chi connectivity index (χ4n) is 6.55. The van der Waals surface area contributed by atoms with Gasteiger partial charge in [0.15, 0.2) is 0 Å². The minimum atomic E-state index is -1.04. The van der Waals surface area contributed by atoms with Gasteiger partial charge in [0.25, 0.3) is 0 Å². The van der Waals surface area contributed by atoms with Gasteiger partial charge in [0.1, 0.15) is 11.8 Å². The molecule has 6 rings (SSSR count). The number of halogens is 1. The van der Waals surface area contributed by atoms with Crippen molar-refractivity contribution < 1.29 is 14.6 Å². The molecule has 0 aromatic heterocycles. The minimum absolute atomic E-state index is 0.0106.